The van der Waals surface area contributed by atoms with E-state index in [-0.39, 0.29) is 10.9 Å². The van der Waals surface area contributed by atoms with Crippen molar-refractivity contribution in [2.45, 2.75) is 44.0 Å². The number of imidazole rings is 1. The van der Waals surface area contributed by atoms with Crippen LogP contribution in [-0.2, 0) is 5.54 Å². The van der Waals surface area contributed by atoms with Crippen molar-refractivity contribution in [2.24, 2.45) is 0 Å². The summed E-state index contributed by atoms with van der Waals surface area (Å²) >= 11 is 6.34. The molecule has 1 aliphatic carbocycles. The normalized spacial score (nSPS) is 19.2. The molecule has 1 fully saturated rings. The van der Waals surface area contributed by atoms with Crippen molar-refractivity contribution in [1.82, 2.24) is 9.55 Å². The molecule has 1 saturated carbocycles. The number of aromatic nitrogens is 2. The number of nitrogens with zero attached hydrogens (tertiary/aromatic N) is 2. The fraction of sp³-hybridized carbons (Fsp3) is 0.533. The molecule has 0 bridgehead atoms. The summed E-state index contributed by atoms with van der Waals surface area (Å²) in [6, 6.07) is 6.08. The number of fused-ring (bicyclic) bond motifs is 1. The van der Waals surface area contributed by atoms with Gasteiger partial charge in [-0.3, -0.25) is 0 Å². The lowest BCUT2D eigenvalue weighted by molar-refractivity contribution is 0.169. The van der Waals surface area contributed by atoms with E-state index in [0.717, 1.165) is 22.6 Å². The van der Waals surface area contributed by atoms with E-state index >= 15 is 0 Å². The largest absolute Gasteiger partial charge is 0.494 e. The molecule has 3 rings (SSSR count). The van der Waals surface area contributed by atoms with Gasteiger partial charge in [0.25, 0.3) is 0 Å². The van der Waals surface area contributed by atoms with E-state index in [9.17, 15) is 0 Å². The fourth-order valence-electron chi connectivity index (χ4n) is 3.00. The number of para-hydroxylation sites is 1. The van der Waals surface area contributed by atoms with Crippen LogP contribution >= 0.6 is 11.6 Å². The van der Waals surface area contributed by atoms with Crippen molar-refractivity contribution in [3.8, 4) is 5.75 Å². The van der Waals surface area contributed by atoms with Crippen LogP contribution in [-0.4, -0.2) is 16.7 Å². The summed E-state index contributed by atoms with van der Waals surface area (Å²) in [5.41, 5.74) is 2.20. The van der Waals surface area contributed by atoms with Gasteiger partial charge in [0.15, 0.2) is 0 Å². The predicted molar refractivity (Wildman–Crippen MR) is 78.1 cm³/mol. The molecule has 1 heterocycles. The molecule has 1 atom stereocenters. The van der Waals surface area contributed by atoms with Gasteiger partial charge in [-0.05, 0) is 45.2 Å². The number of benzene rings is 1. The van der Waals surface area contributed by atoms with E-state index < -0.39 is 0 Å². The molecule has 1 aliphatic rings. The van der Waals surface area contributed by atoms with Gasteiger partial charge in [0.1, 0.15) is 17.1 Å². The minimum Gasteiger partial charge on any atom is -0.494 e. The second-order valence-corrected chi connectivity index (χ2v) is 6.25. The van der Waals surface area contributed by atoms with Crippen LogP contribution in [0, 0.1) is 0 Å². The summed E-state index contributed by atoms with van der Waals surface area (Å²) in [6.45, 7) is 4.27. The van der Waals surface area contributed by atoms with Crippen molar-refractivity contribution in [3.05, 3.63) is 24.0 Å². The number of ether oxygens (including phenoxy) is 1. The molecule has 2 aromatic rings. The number of rotatable bonds is 3. The average molecular weight is 279 g/mol. The van der Waals surface area contributed by atoms with Gasteiger partial charge in [-0.1, -0.05) is 6.07 Å². The standard InChI is InChI=1S/C15H19ClN2O/c1-10(16)14-17-13-11(6-4-7-12(13)19-3)18(14)15(2)8-5-9-15/h4,6-7,10H,5,8-9H2,1-3H3. The van der Waals surface area contributed by atoms with Crippen molar-refractivity contribution in [2.75, 3.05) is 7.11 Å². The number of methoxy groups -OCH3 is 1. The van der Waals surface area contributed by atoms with Crippen molar-refractivity contribution >= 4 is 22.6 Å². The molecule has 1 aromatic carbocycles. The highest BCUT2D eigenvalue weighted by Gasteiger charge is 2.37. The molecular weight excluding hydrogens is 260 g/mol. The minimum absolute atomic E-state index is 0.102. The average Bonchev–Trinajstić information content (AvgIpc) is 2.75. The van der Waals surface area contributed by atoms with Crippen LogP contribution in [0.2, 0.25) is 0 Å². The highest BCUT2D eigenvalue weighted by Crippen LogP contribution is 2.44. The predicted octanol–water partition coefficient (Wildman–Crippen LogP) is 4.24. The second kappa shape index (κ2) is 4.41. The Kier molecular flexibility index (Phi) is 2.97. The quantitative estimate of drug-likeness (QED) is 0.785. The minimum atomic E-state index is -0.102. The first-order valence-electron chi connectivity index (χ1n) is 6.77. The molecule has 4 heteroatoms. The molecule has 0 N–H and O–H groups in total. The zero-order chi connectivity index (χ0) is 13.6. The molecule has 19 heavy (non-hydrogen) atoms. The Morgan fingerprint density at radius 3 is 2.68 bits per heavy atom. The summed E-state index contributed by atoms with van der Waals surface area (Å²) in [5, 5.41) is -0.102. The lowest BCUT2D eigenvalue weighted by Gasteiger charge is -2.41. The van der Waals surface area contributed by atoms with Crippen LogP contribution in [0.15, 0.2) is 18.2 Å². The Labute approximate surface area is 118 Å². The van der Waals surface area contributed by atoms with Gasteiger partial charge in [-0.2, -0.15) is 0 Å². The number of hydrogen-bond acceptors (Lipinski definition) is 2. The third-order valence-electron chi connectivity index (χ3n) is 4.22. The Bertz CT molecular complexity index is 614. The van der Waals surface area contributed by atoms with E-state index in [1.54, 1.807) is 7.11 Å². The Morgan fingerprint density at radius 1 is 1.42 bits per heavy atom. The van der Waals surface area contributed by atoms with Crippen molar-refractivity contribution in [1.29, 1.82) is 0 Å². The van der Waals surface area contributed by atoms with Crippen LogP contribution in [0.3, 0.4) is 0 Å². The van der Waals surface area contributed by atoms with Crippen molar-refractivity contribution < 1.29 is 4.74 Å². The van der Waals surface area contributed by atoms with Gasteiger partial charge in [0.2, 0.25) is 0 Å². The zero-order valence-electron chi connectivity index (χ0n) is 11.6. The molecular formula is C15H19ClN2O. The molecule has 0 spiro atoms. The molecule has 0 amide bonds. The third kappa shape index (κ3) is 1.83. The van der Waals surface area contributed by atoms with Gasteiger partial charge in [0.05, 0.1) is 18.0 Å². The maximum absolute atomic E-state index is 6.34. The Hall–Kier alpha value is -1.22. The maximum Gasteiger partial charge on any atom is 0.146 e. The van der Waals surface area contributed by atoms with Crippen LogP contribution in [0.25, 0.3) is 11.0 Å². The molecule has 102 valence electrons. The smallest absolute Gasteiger partial charge is 0.146 e. The van der Waals surface area contributed by atoms with Gasteiger partial charge in [-0.15, -0.1) is 11.6 Å². The van der Waals surface area contributed by atoms with Crippen LogP contribution in [0.1, 0.15) is 44.3 Å². The van der Waals surface area contributed by atoms with Crippen molar-refractivity contribution in [3.63, 3.8) is 0 Å². The summed E-state index contributed by atoms with van der Waals surface area (Å²) in [5.74, 6) is 1.76. The first-order valence-corrected chi connectivity index (χ1v) is 7.20. The van der Waals surface area contributed by atoms with Gasteiger partial charge in [0, 0.05) is 5.54 Å². The molecule has 0 radical (unpaired) electrons. The van der Waals surface area contributed by atoms with E-state index in [1.165, 1.54) is 19.3 Å². The summed E-state index contributed by atoms with van der Waals surface area (Å²) in [6.07, 6.45) is 3.65. The Balaban J connectivity index is 2.31. The third-order valence-corrected chi connectivity index (χ3v) is 4.42. The van der Waals surface area contributed by atoms with Crippen LogP contribution < -0.4 is 4.74 Å². The molecule has 3 nitrogen and oxygen atoms in total. The highest BCUT2D eigenvalue weighted by atomic mass is 35.5. The zero-order valence-corrected chi connectivity index (χ0v) is 12.4. The van der Waals surface area contributed by atoms with E-state index in [0.29, 0.717) is 0 Å². The molecule has 0 aliphatic heterocycles. The summed E-state index contributed by atoms with van der Waals surface area (Å²) < 4.78 is 7.75. The summed E-state index contributed by atoms with van der Waals surface area (Å²) in [4.78, 5) is 4.74. The van der Waals surface area contributed by atoms with Gasteiger partial charge >= 0.3 is 0 Å². The first kappa shape index (κ1) is 12.8. The van der Waals surface area contributed by atoms with E-state index in [4.69, 9.17) is 21.3 Å². The number of halogens is 1. The lowest BCUT2D eigenvalue weighted by Crippen LogP contribution is -2.38. The Morgan fingerprint density at radius 2 is 2.16 bits per heavy atom. The SMILES string of the molecule is COc1cccc2c1nc(C(C)Cl)n2C1(C)CCC1. The van der Waals surface area contributed by atoms with E-state index in [1.807, 2.05) is 19.1 Å². The number of hydrogen-bond donors (Lipinski definition) is 0. The molecule has 1 aromatic heterocycles. The topological polar surface area (TPSA) is 27.1 Å². The second-order valence-electron chi connectivity index (χ2n) is 5.60. The number of alkyl halides is 1. The molecule has 0 saturated heterocycles. The van der Waals surface area contributed by atoms with E-state index in [2.05, 4.69) is 17.6 Å². The first-order chi connectivity index (χ1) is 9.07. The van der Waals surface area contributed by atoms with Crippen LogP contribution in [0.4, 0.5) is 0 Å². The van der Waals surface area contributed by atoms with Gasteiger partial charge < -0.3 is 9.30 Å². The maximum atomic E-state index is 6.34. The summed E-state index contributed by atoms with van der Waals surface area (Å²) in [7, 11) is 1.68. The van der Waals surface area contributed by atoms with Crippen LogP contribution in [0.5, 0.6) is 5.75 Å². The monoisotopic (exact) mass is 278 g/mol. The highest BCUT2D eigenvalue weighted by molar-refractivity contribution is 6.20. The fourth-order valence-corrected chi connectivity index (χ4v) is 3.15. The molecule has 1 unspecified atom stereocenters. The van der Waals surface area contributed by atoms with Gasteiger partial charge in [-0.25, -0.2) is 4.98 Å². The lowest BCUT2D eigenvalue weighted by atomic mass is 9.78.